The molecular formula is C26H29FN3O5P. The lowest BCUT2D eigenvalue weighted by Crippen LogP contribution is -2.28. The van der Waals surface area contributed by atoms with Gasteiger partial charge in [-0.25, -0.2) is 4.39 Å². The lowest BCUT2D eigenvalue weighted by atomic mass is 9.93. The predicted molar refractivity (Wildman–Crippen MR) is 135 cm³/mol. The number of nitrogens with one attached hydrogen (secondary N) is 1. The number of aromatic nitrogens is 1. The van der Waals surface area contributed by atoms with E-state index < -0.39 is 7.60 Å². The maximum Gasteiger partial charge on any atom is 0.332 e. The summed E-state index contributed by atoms with van der Waals surface area (Å²) in [6.07, 6.45) is 1.65. The highest BCUT2D eigenvalue weighted by molar-refractivity contribution is 7.53. The minimum Gasteiger partial charge on any atom is -0.351 e. The second-order valence-corrected chi connectivity index (χ2v) is 10.7. The first-order chi connectivity index (χ1) is 17.3. The van der Waals surface area contributed by atoms with Crippen molar-refractivity contribution in [3.63, 3.8) is 0 Å². The molecule has 0 radical (unpaired) electrons. The monoisotopic (exact) mass is 513 g/mol. The summed E-state index contributed by atoms with van der Waals surface area (Å²) in [5.41, 5.74) is 3.52. The Bertz CT molecular complexity index is 1340. The maximum atomic E-state index is 13.5. The van der Waals surface area contributed by atoms with Crippen molar-refractivity contribution < 1.29 is 27.6 Å². The number of benzene rings is 2. The number of nitrogens with zero attached hydrogens (tertiary/aromatic N) is 2. The van der Waals surface area contributed by atoms with Gasteiger partial charge in [0.2, 0.25) is 0 Å². The quantitative estimate of drug-likeness (QED) is 0.390. The van der Waals surface area contributed by atoms with E-state index in [2.05, 4.69) is 10.3 Å². The van der Waals surface area contributed by atoms with Crippen molar-refractivity contribution in [1.29, 1.82) is 0 Å². The van der Waals surface area contributed by atoms with Gasteiger partial charge in [-0.1, -0.05) is 18.2 Å². The summed E-state index contributed by atoms with van der Waals surface area (Å²) in [5, 5.41) is 3.47. The molecule has 0 fully saturated rings. The molecule has 190 valence electrons. The van der Waals surface area contributed by atoms with Crippen molar-refractivity contribution in [3.05, 3.63) is 76.2 Å². The Labute approximate surface area is 209 Å². The Balaban J connectivity index is 1.65. The average Bonchev–Trinajstić information content (AvgIpc) is 3.16. The molecule has 1 aromatic heterocycles. The first-order valence-corrected chi connectivity index (χ1v) is 13.6. The summed E-state index contributed by atoms with van der Waals surface area (Å²) < 4.78 is 36.7. The maximum absolute atomic E-state index is 13.5. The van der Waals surface area contributed by atoms with E-state index in [0.717, 1.165) is 5.56 Å². The van der Waals surface area contributed by atoms with Crippen molar-refractivity contribution in [1.82, 2.24) is 15.2 Å². The summed E-state index contributed by atoms with van der Waals surface area (Å²) in [6, 6.07) is 9.54. The van der Waals surface area contributed by atoms with Crippen molar-refractivity contribution in [2.75, 3.05) is 25.9 Å². The highest BCUT2D eigenvalue weighted by Crippen LogP contribution is 2.47. The highest BCUT2D eigenvalue weighted by Gasteiger charge is 2.35. The van der Waals surface area contributed by atoms with Crippen LogP contribution in [0.4, 0.5) is 4.39 Å². The number of amides is 2. The summed E-state index contributed by atoms with van der Waals surface area (Å²) in [5.74, 6) is -0.939. The van der Waals surface area contributed by atoms with Gasteiger partial charge in [-0.05, 0) is 55.7 Å². The number of carbonyl (C=O) groups is 2. The van der Waals surface area contributed by atoms with Crippen LogP contribution in [-0.2, 0) is 26.7 Å². The Kier molecular flexibility index (Phi) is 7.83. The van der Waals surface area contributed by atoms with Gasteiger partial charge in [-0.2, -0.15) is 0 Å². The third kappa shape index (κ3) is 5.19. The molecule has 8 nitrogen and oxygen atoms in total. The number of fused-ring (bicyclic) bond motifs is 2. The zero-order chi connectivity index (χ0) is 25.9. The van der Waals surface area contributed by atoms with Crippen LogP contribution in [0, 0.1) is 12.7 Å². The minimum absolute atomic E-state index is 0.0281. The SMILES string of the molecule is CCOP(=O)(CCNC(=O)c1c2c(c(C)c3ncccc13)C(=O)N(Cc1ccc(F)cc1)C2)OCC. The Morgan fingerprint density at radius 2 is 1.86 bits per heavy atom. The number of pyridine rings is 1. The molecule has 0 aliphatic carbocycles. The van der Waals surface area contributed by atoms with E-state index in [0.29, 0.717) is 33.2 Å². The van der Waals surface area contributed by atoms with E-state index in [-0.39, 0.29) is 56.6 Å². The second-order valence-electron chi connectivity index (χ2n) is 8.47. The summed E-state index contributed by atoms with van der Waals surface area (Å²) >= 11 is 0. The molecule has 0 atom stereocenters. The van der Waals surface area contributed by atoms with E-state index in [1.807, 2.05) is 13.0 Å². The predicted octanol–water partition coefficient (Wildman–Crippen LogP) is 4.83. The Hall–Kier alpha value is -3.13. The topological polar surface area (TPSA) is 97.8 Å². The van der Waals surface area contributed by atoms with Gasteiger partial charge in [0.05, 0.1) is 36.0 Å². The Morgan fingerprint density at radius 1 is 1.17 bits per heavy atom. The molecule has 0 saturated carbocycles. The minimum atomic E-state index is -3.32. The van der Waals surface area contributed by atoms with Crippen LogP contribution in [0.25, 0.3) is 10.9 Å². The molecule has 0 spiro atoms. The summed E-state index contributed by atoms with van der Waals surface area (Å²) in [6.45, 7) is 6.35. The van der Waals surface area contributed by atoms with Crippen molar-refractivity contribution in [2.24, 2.45) is 0 Å². The summed E-state index contributed by atoms with van der Waals surface area (Å²) in [7, 11) is -3.32. The van der Waals surface area contributed by atoms with Crippen LogP contribution in [0.5, 0.6) is 0 Å². The number of hydrogen-bond donors (Lipinski definition) is 1. The molecule has 2 aromatic carbocycles. The molecule has 10 heteroatoms. The van der Waals surface area contributed by atoms with Gasteiger partial charge in [0.15, 0.2) is 0 Å². The number of rotatable bonds is 10. The van der Waals surface area contributed by atoms with Gasteiger partial charge >= 0.3 is 7.60 Å². The van der Waals surface area contributed by atoms with E-state index in [4.69, 9.17) is 9.05 Å². The molecule has 0 bridgehead atoms. The lowest BCUT2D eigenvalue weighted by molar-refractivity contribution is 0.0765. The highest BCUT2D eigenvalue weighted by atomic mass is 31.2. The fraction of sp³-hybridized carbons (Fsp3) is 0.346. The molecule has 0 saturated heterocycles. The number of halogens is 1. The van der Waals surface area contributed by atoms with Gasteiger partial charge in [0.1, 0.15) is 5.82 Å². The van der Waals surface area contributed by atoms with E-state index in [1.165, 1.54) is 12.1 Å². The van der Waals surface area contributed by atoms with Gasteiger partial charge in [0.25, 0.3) is 11.8 Å². The molecular weight excluding hydrogens is 484 g/mol. The number of aryl methyl sites for hydroxylation is 1. The van der Waals surface area contributed by atoms with Crippen molar-refractivity contribution >= 4 is 30.3 Å². The molecule has 4 rings (SSSR count). The molecule has 1 aliphatic heterocycles. The summed E-state index contributed by atoms with van der Waals surface area (Å²) in [4.78, 5) is 33.0. The normalized spacial score (nSPS) is 13.3. The van der Waals surface area contributed by atoms with Crippen molar-refractivity contribution in [2.45, 2.75) is 33.9 Å². The molecule has 0 unspecified atom stereocenters. The first-order valence-electron chi connectivity index (χ1n) is 11.9. The fourth-order valence-electron chi connectivity index (χ4n) is 4.56. The molecule has 2 heterocycles. The van der Waals surface area contributed by atoms with Crippen LogP contribution in [0.2, 0.25) is 0 Å². The van der Waals surface area contributed by atoms with Crippen LogP contribution in [0.15, 0.2) is 42.6 Å². The molecule has 1 N–H and O–H groups in total. The molecule has 36 heavy (non-hydrogen) atoms. The fourth-order valence-corrected chi connectivity index (χ4v) is 6.06. The van der Waals surface area contributed by atoms with Gasteiger partial charge in [0, 0.05) is 31.2 Å². The second kappa shape index (κ2) is 10.9. The first kappa shape index (κ1) is 25.9. The molecule has 1 aliphatic rings. The lowest BCUT2D eigenvalue weighted by Gasteiger charge is -2.18. The van der Waals surface area contributed by atoms with Crippen LogP contribution in [0.3, 0.4) is 0 Å². The van der Waals surface area contributed by atoms with E-state index in [1.54, 1.807) is 43.1 Å². The van der Waals surface area contributed by atoms with Gasteiger partial charge in [-0.3, -0.25) is 19.1 Å². The number of carbonyl (C=O) groups excluding carboxylic acids is 2. The van der Waals surface area contributed by atoms with Gasteiger partial charge < -0.3 is 19.3 Å². The largest absolute Gasteiger partial charge is 0.351 e. The zero-order valence-electron chi connectivity index (χ0n) is 20.5. The average molecular weight is 514 g/mol. The third-order valence-corrected chi connectivity index (χ3v) is 8.17. The van der Waals surface area contributed by atoms with Gasteiger partial charge in [-0.15, -0.1) is 0 Å². The van der Waals surface area contributed by atoms with Crippen LogP contribution in [0.1, 0.15) is 51.3 Å². The third-order valence-electron chi connectivity index (χ3n) is 6.10. The van der Waals surface area contributed by atoms with E-state index in [9.17, 15) is 18.5 Å². The van der Waals surface area contributed by atoms with Crippen LogP contribution < -0.4 is 5.32 Å². The van der Waals surface area contributed by atoms with Crippen LogP contribution in [-0.4, -0.2) is 47.6 Å². The van der Waals surface area contributed by atoms with E-state index >= 15 is 0 Å². The molecule has 2 amide bonds. The van der Waals surface area contributed by atoms with Crippen LogP contribution >= 0.6 is 7.60 Å². The van der Waals surface area contributed by atoms with Crippen molar-refractivity contribution in [3.8, 4) is 0 Å². The zero-order valence-corrected chi connectivity index (χ0v) is 21.4. The smallest absolute Gasteiger partial charge is 0.332 e. The molecule has 3 aromatic rings. The Morgan fingerprint density at radius 3 is 2.53 bits per heavy atom. The number of hydrogen-bond acceptors (Lipinski definition) is 6. The standard InChI is InChI=1S/C26H29FN3O5P/c1-4-34-36(33,35-5-2)14-13-29-25(31)23-20-7-6-12-28-24(20)17(3)22-21(23)16-30(26(22)32)15-18-8-10-19(27)11-9-18/h6-12H,4-5,13-16H2,1-3H3,(H,29,31).